The summed E-state index contributed by atoms with van der Waals surface area (Å²) in [6, 6.07) is 32.7. The molecule has 120 valence electrons. The minimum atomic E-state index is 0.484. The van der Waals surface area contributed by atoms with Gasteiger partial charge in [0.25, 0.3) is 0 Å². The van der Waals surface area contributed by atoms with Crippen LogP contribution < -0.4 is 0 Å². The highest BCUT2D eigenvalue weighted by atomic mass is 32.1. The molecule has 0 bridgehead atoms. The quantitative estimate of drug-likeness (QED) is 0.372. The third-order valence-corrected chi connectivity index (χ3v) is 4.35. The highest BCUT2D eigenvalue weighted by Crippen LogP contribution is 2.40. The van der Waals surface area contributed by atoms with Crippen molar-refractivity contribution in [1.82, 2.24) is 0 Å². The molecule has 0 unspecified atom stereocenters. The summed E-state index contributed by atoms with van der Waals surface area (Å²) in [5, 5.41) is 0. The molecular weight excluding hydrogens is 324 g/mol. The van der Waals surface area contributed by atoms with Gasteiger partial charge in [0, 0.05) is 17.2 Å². The second kappa shape index (κ2) is 6.88. The van der Waals surface area contributed by atoms with Gasteiger partial charge in [-0.25, -0.2) is 0 Å². The summed E-state index contributed by atoms with van der Waals surface area (Å²) < 4.78 is 6.51. The molecule has 3 aromatic carbocycles. The fraction of sp³-hybridized carbons (Fsp3) is 0. The molecule has 4 aromatic rings. The van der Waals surface area contributed by atoms with Crippen molar-refractivity contribution in [3.8, 4) is 33.6 Å². The maximum absolute atomic E-state index is 6.03. The van der Waals surface area contributed by atoms with Crippen molar-refractivity contribution < 1.29 is 4.42 Å². The van der Waals surface area contributed by atoms with Gasteiger partial charge in [-0.1, -0.05) is 91.0 Å². The molecule has 0 aliphatic carbocycles. The van der Waals surface area contributed by atoms with Crippen LogP contribution in [0, 0.1) is 4.71 Å². The van der Waals surface area contributed by atoms with E-state index in [2.05, 4.69) is 36.4 Å². The third kappa shape index (κ3) is 3.17. The summed E-state index contributed by atoms with van der Waals surface area (Å²) >= 11 is 5.43. The zero-order valence-corrected chi connectivity index (χ0v) is 14.4. The van der Waals surface area contributed by atoms with E-state index in [1.807, 2.05) is 60.7 Å². The summed E-state index contributed by atoms with van der Waals surface area (Å²) in [5.41, 5.74) is 5.40. The summed E-state index contributed by atoms with van der Waals surface area (Å²) in [6.45, 7) is 0. The highest BCUT2D eigenvalue weighted by Gasteiger charge is 2.16. The highest BCUT2D eigenvalue weighted by molar-refractivity contribution is 7.71. The second-order valence-corrected chi connectivity index (χ2v) is 6.18. The van der Waals surface area contributed by atoms with Gasteiger partial charge in [-0.15, -0.1) is 0 Å². The molecule has 25 heavy (non-hydrogen) atoms. The first-order valence-corrected chi connectivity index (χ1v) is 8.58. The molecule has 2 heteroatoms. The molecule has 1 heterocycles. The fourth-order valence-corrected chi connectivity index (χ4v) is 3.22. The summed E-state index contributed by atoms with van der Waals surface area (Å²) in [6.07, 6.45) is 0. The van der Waals surface area contributed by atoms with Gasteiger partial charge in [0.05, 0.1) is 0 Å². The fourth-order valence-electron chi connectivity index (χ4n) is 3.02. The molecule has 0 N–H and O–H groups in total. The van der Waals surface area contributed by atoms with Crippen molar-refractivity contribution in [2.75, 3.05) is 0 Å². The van der Waals surface area contributed by atoms with Gasteiger partial charge >= 0.3 is 0 Å². The molecule has 0 fully saturated rings. The molecule has 4 rings (SSSR count). The Kier molecular flexibility index (Phi) is 4.28. The van der Waals surface area contributed by atoms with Crippen LogP contribution in [0.4, 0.5) is 0 Å². The zero-order chi connectivity index (χ0) is 17.1. The Morgan fingerprint density at radius 1 is 0.560 bits per heavy atom. The van der Waals surface area contributed by atoms with Crippen LogP contribution >= 0.6 is 12.2 Å². The Labute approximate surface area is 152 Å². The Morgan fingerprint density at radius 3 is 1.60 bits per heavy atom. The van der Waals surface area contributed by atoms with Gasteiger partial charge in [-0.05, 0) is 28.9 Å². The lowest BCUT2D eigenvalue weighted by Crippen LogP contribution is -1.91. The van der Waals surface area contributed by atoms with E-state index >= 15 is 0 Å². The summed E-state index contributed by atoms with van der Waals surface area (Å²) in [7, 11) is 0. The van der Waals surface area contributed by atoms with Gasteiger partial charge in [-0.2, -0.15) is 0 Å². The monoisotopic (exact) mass is 340 g/mol. The van der Waals surface area contributed by atoms with Crippen molar-refractivity contribution in [1.29, 1.82) is 0 Å². The van der Waals surface area contributed by atoms with Crippen molar-refractivity contribution in [3.63, 3.8) is 0 Å². The number of hydrogen-bond acceptors (Lipinski definition) is 2. The predicted molar refractivity (Wildman–Crippen MR) is 106 cm³/mol. The van der Waals surface area contributed by atoms with Crippen LogP contribution in [-0.4, -0.2) is 0 Å². The van der Waals surface area contributed by atoms with E-state index in [-0.39, 0.29) is 0 Å². The average Bonchev–Trinajstić information content (AvgIpc) is 2.69. The molecule has 0 radical (unpaired) electrons. The van der Waals surface area contributed by atoms with Crippen LogP contribution in [0.25, 0.3) is 33.6 Å². The molecule has 0 aliphatic rings. The van der Waals surface area contributed by atoms with Gasteiger partial charge in [0.2, 0.25) is 0 Å². The molecular formula is C23H16OS. The van der Waals surface area contributed by atoms with Crippen LogP contribution in [0.15, 0.2) is 101 Å². The van der Waals surface area contributed by atoms with E-state index in [9.17, 15) is 0 Å². The van der Waals surface area contributed by atoms with Gasteiger partial charge in [-0.3, -0.25) is 0 Å². The van der Waals surface area contributed by atoms with E-state index in [1.165, 1.54) is 0 Å². The van der Waals surface area contributed by atoms with Crippen LogP contribution in [0.1, 0.15) is 0 Å². The van der Waals surface area contributed by atoms with E-state index in [0.29, 0.717) is 4.71 Å². The van der Waals surface area contributed by atoms with Crippen LogP contribution in [0.3, 0.4) is 0 Å². The molecule has 0 aliphatic heterocycles. The van der Waals surface area contributed by atoms with E-state index < -0.39 is 0 Å². The number of hydrogen-bond donors (Lipinski definition) is 0. The number of benzene rings is 3. The van der Waals surface area contributed by atoms with Crippen LogP contribution in [-0.2, 0) is 0 Å². The molecule has 0 amide bonds. The van der Waals surface area contributed by atoms with E-state index in [4.69, 9.17) is 16.6 Å². The average molecular weight is 340 g/mol. The Bertz CT molecular complexity index is 972. The first kappa shape index (κ1) is 15.6. The molecule has 1 aromatic heterocycles. The Balaban J connectivity index is 2.09. The van der Waals surface area contributed by atoms with Crippen LogP contribution in [0.5, 0.6) is 0 Å². The smallest absolute Gasteiger partial charge is 0.191 e. The van der Waals surface area contributed by atoms with Crippen molar-refractivity contribution in [2.45, 2.75) is 0 Å². The minimum absolute atomic E-state index is 0.484. The lowest BCUT2D eigenvalue weighted by molar-refractivity contribution is 0.552. The van der Waals surface area contributed by atoms with Gasteiger partial charge in [0.15, 0.2) is 4.71 Å². The zero-order valence-electron chi connectivity index (χ0n) is 13.6. The first-order chi connectivity index (χ1) is 12.3. The topological polar surface area (TPSA) is 13.1 Å². The van der Waals surface area contributed by atoms with Crippen molar-refractivity contribution in [3.05, 3.63) is 102 Å². The normalized spacial score (nSPS) is 10.6. The maximum atomic E-state index is 6.03. The van der Waals surface area contributed by atoms with E-state index in [1.54, 1.807) is 0 Å². The standard InChI is InChI=1S/C23H16OS/c25-21-16-20(17-10-4-1-5-11-17)22(18-12-6-2-7-13-18)23(24-21)19-14-8-3-9-15-19/h1-16H. The molecule has 0 saturated carbocycles. The molecule has 1 nitrogen and oxygen atoms in total. The first-order valence-electron chi connectivity index (χ1n) is 8.17. The van der Waals surface area contributed by atoms with E-state index in [0.717, 1.165) is 33.6 Å². The number of rotatable bonds is 3. The molecule has 0 spiro atoms. The second-order valence-electron chi connectivity index (χ2n) is 5.78. The maximum Gasteiger partial charge on any atom is 0.191 e. The van der Waals surface area contributed by atoms with Crippen molar-refractivity contribution in [2.24, 2.45) is 0 Å². The lowest BCUT2D eigenvalue weighted by Gasteiger charge is -2.15. The Hall–Kier alpha value is -2.97. The van der Waals surface area contributed by atoms with Crippen molar-refractivity contribution >= 4 is 12.2 Å². The SMILES string of the molecule is S=c1cc(-c2ccccc2)c(-c2ccccc2)c(-c2ccccc2)o1. The summed E-state index contributed by atoms with van der Waals surface area (Å²) in [4.78, 5) is 0. The van der Waals surface area contributed by atoms with Gasteiger partial charge < -0.3 is 4.42 Å². The van der Waals surface area contributed by atoms with Crippen LogP contribution in [0.2, 0.25) is 0 Å². The molecule has 0 atom stereocenters. The molecule has 0 saturated heterocycles. The largest absolute Gasteiger partial charge is 0.445 e. The minimum Gasteiger partial charge on any atom is -0.445 e. The lowest BCUT2D eigenvalue weighted by atomic mass is 9.92. The summed E-state index contributed by atoms with van der Waals surface area (Å²) in [5.74, 6) is 0.804. The Morgan fingerprint density at radius 2 is 1.04 bits per heavy atom. The van der Waals surface area contributed by atoms with Gasteiger partial charge in [0.1, 0.15) is 5.76 Å². The predicted octanol–water partition coefficient (Wildman–Crippen LogP) is 7.01. The third-order valence-electron chi connectivity index (χ3n) is 4.14.